The highest BCUT2D eigenvalue weighted by Crippen LogP contribution is 2.46. The van der Waals surface area contributed by atoms with Crippen LogP contribution in [-0.2, 0) is 13.2 Å². The molecular formula is C32H32FN3O3. The fourth-order valence-corrected chi connectivity index (χ4v) is 5.55. The normalized spacial score (nSPS) is 16.6. The molecule has 2 aromatic heterocycles. The third kappa shape index (κ3) is 5.73. The van der Waals surface area contributed by atoms with Crippen LogP contribution in [0.4, 0.5) is 10.2 Å². The lowest BCUT2D eigenvalue weighted by Crippen LogP contribution is -2.58. The van der Waals surface area contributed by atoms with Crippen molar-refractivity contribution in [3.8, 4) is 22.9 Å². The Balaban J connectivity index is 1.21. The lowest BCUT2D eigenvalue weighted by Gasteiger charge is -2.53. The molecule has 2 fully saturated rings. The van der Waals surface area contributed by atoms with Crippen LogP contribution >= 0.6 is 0 Å². The number of halogens is 1. The fraction of sp³-hybridized carbons (Fsp3) is 0.312. The van der Waals surface area contributed by atoms with Crippen LogP contribution in [0.25, 0.3) is 11.1 Å². The van der Waals surface area contributed by atoms with E-state index in [1.54, 1.807) is 12.3 Å². The van der Waals surface area contributed by atoms with Gasteiger partial charge in [-0.05, 0) is 48.9 Å². The van der Waals surface area contributed by atoms with E-state index < -0.39 is 0 Å². The van der Waals surface area contributed by atoms with Gasteiger partial charge in [0.05, 0.1) is 6.10 Å². The van der Waals surface area contributed by atoms with E-state index in [0.29, 0.717) is 41.9 Å². The molecule has 0 atom stereocenters. The summed E-state index contributed by atoms with van der Waals surface area (Å²) in [5.41, 5.74) is 3.47. The molecule has 1 saturated heterocycles. The first-order valence-corrected chi connectivity index (χ1v) is 13.5. The van der Waals surface area contributed by atoms with E-state index in [2.05, 4.69) is 9.97 Å². The second-order valence-electron chi connectivity index (χ2n) is 10.7. The number of anilines is 1. The van der Waals surface area contributed by atoms with Crippen LogP contribution in [0.2, 0.25) is 0 Å². The second kappa shape index (κ2) is 11.0. The standard InChI is InChI=1S/C32H32FN3O3/c33-28-17-25(18-34-30(28)36-21-32(22-36)15-13-26(37)14-16-32)27-11-12-29(38-19-23-7-3-1-4-8-23)35-31(27)39-20-24-9-5-2-6-10-24/h1-12,17-18,26,37H,13-16,19-22H2. The first-order chi connectivity index (χ1) is 19.1. The van der Waals surface area contributed by atoms with Gasteiger partial charge in [-0.15, -0.1) is 0 Å². The van der Waals surface area contributed by atoms with E-state index >= 15 is 4.39 Å². The highest BCUT2D eigenvalue weighted by atomic mass is 19.1. The third-order valence-corrected chi connectivity index (χ3v) is 7.78. The van der Waals surface area contributed by atoms with Crippen molar-refractivity contribution in [3.63, 3.8) is 0 Å². The van der Waals surface area contributed by atoms with Crippen LogP contribution in [0, 0.1) is 11.2 Å². The zero-order chi connectivity index (χ0) is 26.7. The van der Waals surface area contributed by atoms with E-state index in [-0.39, 0.29) is 17.3 Å². The number of benzene rings is 2. The van der Waals surface area contributed by atoms with Crippen molar-refractivity contribution in [1.29, 1.82) is 0 Å². The summed E-state index contributed by atoms with van der Waals surface area (Å²) in [5, 5.41) is 9.84. The van der Waals surface area contributed by atoms with Crippen molar-refractivity contribution in [2.75, 3.05) is 18.0 Å². The Kier molecular flexibility index (Phi) is 7.16. The molecule has 2 aromatic carbocycles. The van der Waals surface area contributed by atoms with Crippen LogP contribution in [0.1, 0.15) is 36.8 Å². The van der Waals surface area contributed by atoms with Gasteiger partial charge in [0.25, 0.3) is 0 Å². The number of aromatic nitrogens is 2. The summed E-state index contributed by atoms with van der Waals surface area (Å²) >= 11 is 0. The Morgan fingerprint density at radius 2 is 1.51 bits per heavy atom. The number of ether oxygens (including phenoxy) is 2. The smallest absolute Gasteiger partial charge is 0.225 e. The molecule has 4 aromatic rings. The molecule has 1 aliphatic heterocycles. The second-order valence-corrected chi connectivity index (χ2v) is 10.7. The molecule has 6 rings (SSSR count). The molecule has 3 heterocycles. The molecule has 0 unspecified atom stereocenters. The Morgan fingerprint density at radius 1 is 0.872 bits per heavy atom. The van der Waals surface area contributed by atoms with Crippen LogP contribution in [0.15, 0.2) is 85.1 Å². The molecule has 200 valence electrons. The van der Waals surface area contributed by atoms with Gasteiger partial charge >= 0.3 is 0 Å². The summed E-state index contributed by atoms with van der Waals surface area (Å²) in [6, 6.07) is 24.9. The van der Waals surface area contributed by atoms with Crippen LogP contribution in [0.3, 0.4) is 0 Å². The van der Waals surface area contributed by atoms with Crippen molar-refractivity contribution >= 4 is 5.82 Å². The lowest BCUT2D eigenvalue weighted by molar-refractivity contribution is 0.0447. The summed E-state index contributed by atoms with van der Waals surface area (Å²) < 4.78 is 27.4. The number of hydrogen-bond acceptors (Lipinski definition) is 6. The van der Waals surface area contributed by atoms with Gasteiger partial charge in [-0.1, -0.05) is 60.7 Å². The van der Waals surface area contributed by atoms with E-state index in [4.69, 9.17) is 9.47 Å². The molecular weight excluding hydrogens is 493 g/mol. The molecule has 0 amide bonds. The predicted octanol–water partition coefficient (Wildman–Crippen LogP) is 6.18. The maximum Gasteiger partial charge on any atom is 0.225 e. The summed E-state index contributed by atoms with van der Waals surface area (Å²) in [6.07, 6.45) is 5.11. The van der Waals surface area contributed by atoms with Gasteiger partial charge in [0.2, 0.25) is 11.8 Å². The van der Waals surface area contributed by atoms with Gasteiger partial charge in [0.1, 0.15) is 13.2 Å². The van der Waals surface area contributed by atoms with E-state index in [1.165, 1.54) is 6.07 Å². The minimum Gasteiger partial charge on any atom is -0.473 e. The first kappa shape index (κ1) is 25.3. The Bertz CT molecular complexity index is 1400. The highest BCUT2D eigenvalue weighted by molar-refractivity contribution is 5.69. The average Bonchev–Trinajstić information content (AvgIpc) is 2.96. The Hall–Kier alpha value is -3.97. The van der Waals surface area contributed by atoms with Gasteiger partial charge in [-0.2, -0.15) is 4.98 Å². The zero-order valence-corrected chi connectivity index (χ0v) is 21.8. The highest BCUT2D eigenvalue weighted by Gasteiger charge is 2.46. The lowest BCUT2D eigenvalue weighted by atomic mass is 9.68. The van der Waals surface area contributed by atoms with Gasteiger partial charge < -0.3 is 19.5 Å². The summed E-state index contributed by atoms with van der Waals surface area (Å²) in [7, 11) is 0. The van der Waals surface area contributed by atoms with Crippen molar-refractivity contribution in [3.05, 3.63) is 102 Å². The van der Waals surface area contributed by atoms with Crippen LogP contribution in [-0.4, -0.2) is 34.3 Å². The summed E-state index contributed by atoms with van der Waals surface area (Å²) in [4.78, 5) is 11.1. The number of aliphatic hydroxyl groups excluding tert-OH is 1. The molecule has 0 bridgehead atoms. The maximum atomic E-state index is 15.4. The van der Waals surface area contributed by atoms with Crippen molar-refractivity contribution in [1.82, 2.24) is 9.97 Å². The molecule has 1 saturated carbocycles. The molecule has 1 aliphatic carbocycles. The third-order valence-electron chi connectivity index (χ3n) is 7.78. The topological polar surface area (TPSA) is 67.7 Å². The van der Waals surface area contributed by atoms with Crippen molar-refractivity contribution < 1.29 is 19.0 Å². The zero-order valence-electron chi connectivity index (χ0n) is 21.8. The molecule has 1 N–H and O–H groups in total. The van der Waals surface area contributed by atoms with E-state index in [1.807, 2.05) is 71.6 Å². The number of hydrogen-bond donors (Lipinski definition) is 1. The molecule has 39 heavy (non-hydrogen) atoms. The largest absolute Gasteiger partial charge is 0.473 e. The Morgan fingerprint density at radius 3 is 2.15 bits per heavy atom. The summed E-state index contributed by atoms with van der Waals surface area (Å²) in [5.74, 6) is 0.802. The SMILES string of the molecule is OC1CCC2(CC1)CN(c1ncc(-c3ccc(OCc4ccccc4)nc3OCc3ccccc3)cc1F)C2. The molecule has 7 heteroatoms. The van der Waals surface area contributed by atoms with Gasteiger partial charge in [-0.25, -0.2) is 9.37 Å². The summed E-state index contributed by atoms with van der Waals surface area (Å²) in [6.45, 7) is 2.26. The van der Waals surface area contributed by atoms with Gasteiger partial charge in [0.15, 0.2) is 11.6 Å². The predicted molar refractivity (Wildman–Crippen MR) is 148 cm³/mol. The van der Waals surface area contributed by atoms with E-state index in [0.717, 1.165) is 49.9 Å². The molecule has 6 nitrogen and oxygen atoms in total. The van der Waals surface area contributed by atoms with Crippen molar-refractivity contribution in [2.24, 2.45) is 5.41 Å². The fourth-order valence-electron chi connectivity index (χ4n) is 5.55. The van der Waals surface area contributed by atoms with Crippen molar-refractivity contribution in [2.45, 2.75) is 45.0 Å². The van der Waals surface area contributed by atoms with Gasteiger partial charge in [0, 0.05) is 41.9 Å². The first-order valence-electron chi connectivity index (χ1n) is 13.5. The van der Waals surface area contributed by atoms with E-state index in [9.17, 15) is 5.11 Å². The van der Waals surface area contributed by atoms with Crippen LogP contribution in [0.5, 0.6) is 11.8 Å². The number of rotatable bonds is 8. The quantitative estimate of drug-likeness (QED) is 0.296. The number of pyridine rings is 2. The van der Waals surface area contributed by atoms with Gasteiger partial charge in [-0.3, -0.25) is 0 Å². The van der Waals surface area contributed by atoms with Crippen LogP contribution < -0.4 is 14.4 Å². The molecule has 2 aliphatic rings. The number of aliphatic hydroxyl groups is 1. The monoisotopic (exact) mass is 525 g/mol. The minimum atomic E-state index is -0.364. The molecule has 1 spiro atoms. The molecule has 0 radical (unpaired) electrons. The average molecular weight is 526 g/mol. The number of nitrogens with zero attached hydrogens (tertiary/aromatic N) is 3. The maximum absolute atomic E-state index is 15.4. The minimum absolute atomic E-state index is 0.184. The Labute approximate surface area is 228 Å².